The van der Waals surface area contributed by atoms with E-state index < -0.39 is 17.9 Å². The number of rotatable bonds is 6. The van der Waals surface area contributed by atoms with E-state index in [9.17, 15) is 14.7 Å². The zero-order valence-electron chi connectivity index (χ0n) is 15.4. The van der Waals surface area contributed by atoms with Gasteiger partial charge in [0.15, 0.2) is 0 Å². The van der Waals surface area contributed by atoms with E-state index in [2.05, 4.69) is 10.4 Å². The molecule has 6 heteroatoms. The van der Waals surface area contributed by atoms with Crippen LogP contribution >= 0.6 is 0 Å². The van der Waals surface area contributed by atoms with Crippen LogP contribution in [0.15, 0.2) is 36.4 Å². The van der Waals surface area contributed by atoms with Crippen molar-refractivity contribution in [2.75, 3.05) is 0 Å². The maximum Gasteiger partial charge on any atom is 0.326 e. The van der Waals surface area contributed by atoms with E-state index in [1.54, 1.807) is 6.07 Å². The molecule has 0 spiro atoms. The number of nitrogens with one attached hydrogen (secondary N) is 1. The van der Waals surface area contributed by atoms with E-state index in [0.29, 0.717) is 5.92 Å². The summed E-state index contributed by atoms with van der Waals surface area (Å²) in [7, 11) is 0. The summed E-state index contributed by atoms with van der Waals surface area (Å²) < 4.78 is 1.90. The molecule has 0 radical (unpaired) electrons. The summed E-state index contributed by atoms with van der Waals surface area (Å²) in [4.78, 5) is 24.2. The molecule has 1 aliphatic carbocycles. The average Bonchev–Trinajstić information content (AvgIpc) is 3.31. The van der Waals surface area contributed by atoms with Gasteiger partial charge >= 0.3 is 5.97 Å². The van der Waals surface area contributed by atoms with Crippen molar-refractivity contribution in [1.82, 2.24) is 15.1 Å². The summed E-state index contributed by atoms with van der Waals surface area (Å²) >= 11 is 0. The predicted molar refractivity (Wildman–Crippen MR) is 98.2 cm³/mol. The second-order valence-electron chi connectivity index (χ2n) is 7.87. The second-order valence-corrected chi connectivity index (χ2v) is 7.87. The van der Waals surface area contributed by atoms with Gasteiger partial charge in [-0.15, -0.1) is 0 Å². The first-order valence-corrected chi connectivity index (χ1v) is 8.94. The lowest BCUT2D eigenvalue weighted by Gasteiger charge is -2.22. The normalized spacial score (nSPS) is 15.5. The van der Waals surface area contributed by atoms with Crippen LogP contribution < -0.4 is 5.32 Å². The smallest absolute Gasteiger partial charge is 0.326 e. The Kier molecular flexibility index (Phi) is 4.85. The van der Waals surface area contributed by atoms with Gasteiger partial charge in [-0.25, -0.2) is 4.79 Å². The molecule has 0 bridgehead atoms. The lowest BCUT2D eigenvalue weighted by Crippen LogP contribution is -2.42. The fraction of sp³-hybridized carbons (Fsp3) is 0.450. The lowest BCUT2D eigenvalue weighted by molar-refractivity contribution is -0.139. The van der Waals surface area contributed by atoms with Crippen LogP contribution in [0.5, 0.6) is 0 Å². The summed E-state index contributed by atoms with van der Waals surface area (Å²) in [5, 5.41) is 16.6. The fourth-order valence-electron chi connectivity index (χ4n) is 3.00. The van der Waals surface area contributed by atoms with Crippen molar-refractivity contribution in [2.45, 2.75) is 57.5 Å². The van der Waals surface area contributed by atoms with Gasteiger partial charge in [-0.05, 0) is 45.2 Å². The molecule has 1 saturated carbocycles. The standard InChI is InChI=1S/C20H25N3O3/c1-20(2,3)23-17(14-9-10-14)12-15(22-23)18(24)21-16(19(25)26)11-13-7-5-4-6-8-13/h4-8,12,14,16H,9-11H2,1-3H3,(H,21,24)(H,25,26). The molecule has 3 rings (SSSR count). The third-order valence-corrected chi connectivity index (χ3v) is 4.49. The first-order chi connectivity index (χ1) is 12.3. The molecule has 2 N–H and O–H groups in total. The maximum atomic E-state index is 12.6. The van der Waals surface area contributed by atoms with Crippen molar-refractivity contribution < 1.29 is 14.7 Å². The van der Waals surface area contributed by atoms with E-state index in [0.717, 1.165) is 24.1 Å². The molecule has 6 nitrogen and oxygen atoms in total. The molecule has 0 aliphatic heterocycles. The molecular formula is C20H25N3O3. The molecule has 1 unspecified atom stereocenters. The number of carboxylic acid groups (broad SMARTS) is 1. The third kappa shape index (κ3) is 4.12. The minimum atomic E-state index is -1.06. The number of carbonyl (C=O) groups is 2. The Labute approximate surface area is 153 Å². The molecule has 1 aromatic carbocycles. The highest BCUT2D eigenvalue weighted by Crippen LogP contribution is 2.41. The van der Waals surface area contributed by atoms with Gasteiger partial charge < -0.3 is 10.4 Å². The van der Waals surface area contributed by atoms with E-state index in [4.69, 9.17) is 0 Å². The van der Waals surface area contributed by atoms with Gasteiger partial charge in [-0.2, -0.15) is 5.10 Å². The Morgan fingerprint density at radius 2 is 1.92 bits per heavy atom. The van der Waals surface area contributed by atoms with Gasteiger partial charge in [0, 0.05) is 18.0 Å². The van der Waals surface area contributed by atoms with Crippen LogP contribution in [-0.4, -0.2) is 32.8 Å². The summed E-state index contributed by atoms with van der Waals surface area (Å²) in [6.45, 7) is 6.13. The number of aromatic nitrogens is 2. The van der Waals surface area contributed by atoms with Crippen molar-refractivity contribution in [3.05, 3.63) is 53.3 Å². The maximum absolute atomic E-state index is 12.6. The molecule has 2 aromatic rings. The van der Waals surface area contributed by atoms with Gasteiger partial charge in [0.05, 0.1) is 5.54 Å². The van der Waals surface area contributed by atoms with E-state index in [1.807, 2.05) is 55.8 Å². The minimum Gasteiger partial charge on any atom is -0.480 e. The van der Waals surface area contributed by atoms with Crippen molar-refractivity contribution >= 4 is 11.9 Å². The molecule has 138 valence electrons. The molecule has 1 fully saturated rings. The Morgan fingerprint density at radius 1 is 1.27 bits per heavy atom. The van der Waals surface area contributed by atoms with Crippen LogP contribution in [0.1, 0.15) is 61.3 Å². The SMILES string of the molecule is CC(C)(C)n1nc(C(=O)NC(Cc2ccccc2)C(=O)O)cc1C1CC1. The van der Waals surface area contributed by atoms with E-state index in [-0.39, 0.29) is 17.7 Å². The lowest BCUT2D eigenvalue weighted by atomic mass is 10.1. The number of carbonyl (C=O) groups excluding carboxylic acids is 1. The highest BCUT2D eigenvalue weighted by atomic mass is 16.4. The van der Waals surface area contributed by atoms with Crippen molar-refractivity contribution in [3.8, 4) is 0 Å². The number of benzene rings is 1. The number of hydrogen-bond donors (Lipinski definition) is 2. The highest BCUT2D eigenvalue weighted by Gasteiger charge is 2.33. The number of nitrogens with zero attached hydrogens (tertiary/aromatic N) is 2. The van der Waals surface area contributed by atoms with Crippen LogP contribution in [0.4, 0.5) is 0 Å². The topological polar surface area (TPSA) is 84.2 Å². The van der Waals surface area contributed by atoms with Crippen molar-refractivity contribution in [2.24, 2.45) is 0 Å². The van der Waals surface area contributed by atoms with Crippen LogP contribution in [0.3, 0.4) is 0 Å². The first-order valence-electron chi connectivity index (χ1n) is 8.94. The first kappa shape index (κ1) is 18.2. The zero-order chi connectivity index (χ0) is 18.9. The summed E-state index contributed by atoms with van der Waals surface area (Å²) in [6, 6.07) is 10.1. The molecule has 26 heavy (non-hydrogen) atoms. The Hall–Kier alpha value is -2.63. The van der Waals surface area contributed by atoms with Gasteiger partial charge in [0.1, 0.15) is 11.7 Å². The number of amides is 1. The van der Waals surface area contributed by atoms with E-state index >= 15 is 0 Å². The quantitative estimate of drug-likeness (QED) is 0.834. The van der Waals surface area contributed by atoms with Gasteiger partial charge in [0.25, 0.3) is 5.91 Å². The van der Waals surface area contributed by atoms with Gasteiger partial charge in [0.2, 0.25) is 0 Å². The molecule has 1 atom stereocenters. The number of hydrogen-bond acceptors (Lipinski definition) is 3. The summed E-state index contributed by atoms with van der Waals surface area (Å²) in [6.07, 6.45) is 2.44. The minimum absolute atomic E-state index is 0.229. The summed E-state index contributed by atoms with van der Waals surface area (Å²) in [5.41, 5.74) is 1.96. The monoisotopic (exact) mass is 355 g/mol. The Morgan fingerprint density at radius 3 is 2.46 bits per heavy atom. The Balaban J connectivity index is 1.78. The number of carboxylic acids is 1. The van der Waals surface area contributed by atoms with Gasteiger partial charge in [-0.1, -0.05) is 30.3 Å². The molecular weight excluding hydrogens is 330 g/mol. The molecule has 1 heterocycles. The average molecular weight is 355 g/mol. The molecule has 0 saturated heterocycles. The van der Waals surface area contributed by atoms with Crippen molar-refractivity contribution in [3.63, 3.8) is 0 Å². The highest BCUT2D eigenvalue weighted by molar-refractivity contribution is 5.95. The van der Waals surface area contributed by atoms with Crippen molar-refractivity contribution in [1.29, 1.82) is 0 Å². The Bertz CT molecular complexity index is 801. The van der Waals surface area contributed by atoms with Gasteiger partial charge in [-0.3, -0.25) is 9.48 Å². The van der Waals surface area contributed by atoms with Crippen LogP contribution in [0.25, 0.3) is 0 Å². The van der Waals surface area contributed by atoms with Crippen LogP contribution in [0.2, 0.25) is 0 Å². The van der Waals surface area contributed by atoms with Crippen LogP contribution in [0, 0.1) is 0 Å². The van der Waals surface area contributed by atoms with Crippen LogP contribution in [-0.2, 0) is 16.8 Å². The summed E-state index contributed by atoms with van der Waals surface area (Å²) in [5.74, 6) is -1.05. The predicted octanol–water partition coefficient (Wildman–Crippen LogP) is 2.94. The fourth-order valence-corrected chi connectivity index (χ4v) is 3.00. The molecule has 1 aromatic heterocycles. The largest absolute Gasteiger partial charge is 0.480 e. The molecule has 1 aliphatic rings. The second kappa shape index (κ2) is 6.94. The number of aliphatic carboxylic acids is 1. The molecule has 1 amide bonds. The third-order valence-electron chi connectivity index (χ3n) is 4.49. The van der Waals surface area contributed by atoms with E-state index in [1.165, 1.54) is 0 Å². The zero-order valence-corrected chi connectivity index (χ0v) is 15.4.